The first-order chi connectivity index (χ1) is 18.4. The average Bonchev–Trinajstić information content (AvgIpc) is 2.88. The summed E-state index contributed by atoms with van der Waals surface area (Å²) in [6.07, 6.45) is 6.40. The molecule has 1 aromatic rings. The van der Waals surface area contributed by atoms with Crippen molar-refractivity contribution in [2.75, 3.05) is 32.2 Å². The van der Waals surface area contributed by atoms with Crippen LogP contribution in [0.4, 0.5) is 4.79 Å². The molecule has 0 bridgehead atoms. The van der Waals surface area contributed by atoms with Gasteiger partial charge in [-0.2, -0.15) is 11.8 Å². The molecule has 0 radical (unpaired) electrons. The van der Waals surface area contributed by atoms with Crippen molar-refractivity contribution in [1.82, 2.24) is 15.5 Å². The monoisotopic (exact) mass is 565 g/mol. The fourth-order valence-corrected chi connectivity index (χ4v) is 4.42. The van der Waals surface area contributed by atoms with Crippen LogP contribution in [0.25, 0.3) is 0 Å². The van der Waals surface area contributed by atoms with Gasteiger partial charge < -0.3 is 25.0 Å². The number of methoxy groups -OCH3 is 1. The molecule has 1 aromatic carbocycles. The molecule has 9 nitrogen and oxygen atoms in total. The van der Waals surface area contributed by atoms with Gasteiger partial charge in [-0.3, -0.25) is 14.4 Å². The minimum absolute atomic E-state index is 0.317. The van der Waals surface area contributed by atoms with Crippen molar-refractivity contribution in [2.45, 2.75) is 90.8 Å². The summed E-state index contributed by atoms with van der Waals surface area (Å²) in [5.74, 6) is -0.829. The molecule has 2 N–H and O–H groups in total. The molecule has 0 fully saturated rings. The third kappa shape index (κ3) is 13.2. The van der Waals surface area contributed by atoms with E-state index in [-0.39, 0.29) is 12.5 Å². The zero-order valence-electron chi connectivity index (χ0n) is 24.6. The fourth-order valence-electron chi connectivity index (χ4n) is 3.95. The summed E-state index contributed by atoms with van der Waals surface area (Å²) in [7, 11) is 1.25. The number of ether oxygens (including phenoxy) is 2. The van der Waals surface area contributed by atoms with E-state index in [9.17, 15) is 19.2 Å². The minimum atomic E-state index is -0.994. The van der Waals surface area contributed by atoms with Crippen molar-refractivity contribution in [3.63, 3.8) is 0 Å². The molecule has 2 unspecified atom stereocenters. The molecule has 3 amide bonds. The lowest BCUT2D eigenvalue weighted by Crippen LogP contribution is -2.53. The Labute approximate surface area is 238 Å². The minimum Gasteiger partial charge on any atom is -0.468 e. The first kappa shape index (κ1) is 34.3. The Morgan fingerprint density at radius 1 is 1.03 bits per heavy atom. The van der Waals surface area contributed by atoms with Crippen molar-refractivity contribution in [3.8, 4) is 0 Å². The number of unbranched alkanes of at least 4 members (excludes halogenated alkanes) is 4. The van der Waals surface area contributed by atoms with Crippen LogP contribution in [0.2, 0.25) is 0 Å². The summed E-state index contributed by atoms with van der Waals surface area (Å²) in [6.45, 7) is 9.34. The number of alkyl carbamates (subject to hydrolysis) is 1. The maximum absolute atomic E-state index is 14.1. The van der Waals surface area contributed by atoms with Gasteiger partial charge in [0.2, 0.25) is 11.8 Å². The van der Waals surface area contributed by atoms with Gasteiger partial charge in [0.05, 0.1) is 7.11 Å². The summed E-state index contributed by atoms with van der Waals surface area (Å²) in [5.41, 5.74) is 0.897. The molecule has 0 aliphatic carbocycles. The van der Waals surface area contributed by atoms with Crippen molar-refractivity contribution in [1.29, 1.82) is 0 Å². The maximum Gasteiger partial charge on any atom is 0.408 e. The molecule has 10 heteroatoms. The molecule has 1 rings (SSSR count). The fraction of sp³-hybridized carbons (Fsp3) is 0.655. The zero-order valence-corrected chi connectivity index (χ0v) is 25.4. The number of carbonyl (C=O) groups excluding carboxylic acids is 4. The first-order valence-corrected chi connectivity index (χ1v) is 15.0. The van der Waals surface area contributed by atoms with Crippen LogP contribution >= 0.6 is 11.8 Å². The van der Waals surface area contributed by atoms with E-state index in [2.05, 4.69) is 22.3 Å². The zero-order chi connectivity index (χ0) is 29.4. The summed E-state index contributed by atoms with van der Waals surface area (Å²) in [5, 5.41) is 5.36. The largest absolute Gasteiger partial charge is 0.468 e. The Balaban J connectivity index is 3.43. The second-order valence-corrected chi connectivity index (χ2v) is 11.5. The van der Waals surface area contributed by atoms with E-state index in [1.54, 1.807) is 32.5 Å². The molecule has 0 heterocycles. The van der Waals surface area contributed by atoms with E-state index >= 15 is 0 Å². The van der Waals surface area contributed by atoms with Gasteiger partial charge in [-0.05, 0) is 58.1 Å². The molecular weight excluding hydrogens is 518 g/mol. The highest BCUT2D eigenvalue weighted by Crippen LogP contribution is 2.25. The molecule has 220 valence electrons. The quantitative estimate of drug-likeness (QED) is 0.219. The van der Waals surface area contributed by atoms with Crippen LogP contribution in [0.3, 0.4) is 0 Å². The number of esters is 1. The van der Waals surface area contributed by atoms with Crippen LogP contribution < -0.4 is 10.6 Å². The number of thioether (sulfide) groups is 1. The van der Waals surface area contributed by atoms with Gasteiger partial charge in [0.25, 0.3) is 0 Å². The highest BCUT2D eigenvalue weighted by Gasteiger charge is 2.36. The molecule has 2 atom stereocenters. The number of hydrogen-bond donors (Lipinski definition) is 2. The SMILES string of the molecule is CCCCCCCN(C(=O)C(CCSC)NC(=O)OC(C)(C)C)C(C(=O)NCC(=O)OC)c1ccc(C)cc1. The van der Waals surface area contributed by atoms with E-state index in [4.69, 9.17) is 4.74 Å². The number of aryl methyl sites for hydroxylation is 1. The number of hydrogen-bond acceptors (Lipinski definition) is 7. The summed E-state index contributed by atoms with van der Waals surface area (Å²) in [4.78, 5) is 53.7. The van der Waals surface area contributed by atoms with Crippen LogP contribution in [0.1, 0.15) is 83.4 Å². The first-order valence-electron chi connectivity index (χ1n) is 13.6. The van der Waals surface area contributed by atoms with E-state index in [1.165, 1.54) is 12.0 Å². The van der Waals surface area contributed by atoms with Gasteiger partial charge >= 0.3 is 12.1 Å². The third-order valence-corrected chi connectivity index (χ3v) is 6.62. The number of amides is 3. The number of rotatable bonds is 16. The van der Waals surface area contributed by atoms with Crippen molar-refractivity contribution in [2.24, 2.45) is 0 Å². The number of carbonyl (C=O) groups is 4. The Morgan fingerprint density at radius 3 is 2.23 bits per heavy atom. The second kappa shape index (κ2) is 17.8. The maximum atomic E-state index is 14.1. The Hall–Kier alpha value is -2.75. The van der Waals surface area contributed by atoms with E-state index < -0.39 is 35.7 Å². The lowest BCUT2D eigenvalue weighted by atomic mass is 10.0. The third-order valence-electron chi connectivity index (χ3n) is 5.97. The Bertz CT molecular complexity index is 917. The molecule has 0 aliphatic heterocycles. The molecule has 0 aromatic heterocycles. The predicted molar refractivity (Wildman–Crippen MR) is 156 cm³/mol. The number of nitrogens with one attached hydrogen (secondary N) is 2. The van der Waals surface area contributed by atoms with Crippen LogP contribution in [-0.2, 0) is 23.9 Å². The normalized spacial score (nSPS) is 12.7. The second-order valence-electron chi connectivity index (χ2n) is 10.5. The van der Waals surface area contributed by atoms with E-state index in [0.717, 1.165) is 31.2 Å². The molecule has 0 spiro atoms. The van der Waals surface area contributed by atoms with Crippen LogP contribution in [0.5, 0.6) is 0 Å². The summed E-state index contributed by atoms with van der Waals surface area (Å²) in [6, 6.07) is 5.50. The van der Waals surface area contributed by atoms with Crippen LogP contribution in [-0.4, -0.2) is 72.6 Å². The molecule has 39 heavy (non-hydrogen) atoms. The molecular formula is C29H47N3O6S. The Kier molecular flexibility index (Phi) is 15.6. The number of benzene rings is 1. The summed E-state index contributed by atoms with van der Waals surface area (Å²) >= 11 is 1.56. The van der Waals surface area contributed by atoms with Gasteiger partial charge in [-0.15, -0.1) is 0 Å². The van der Waals surface area contributed by atoms with Gasteiger partial charge in [0.15, 0.2) is 0 Å². The van der Waals surface area contributed by atoms with Gasteiger partial charge in [0, 0.05) is 6.54 Å². The lowest BCUT2D eigenvalue weighted by molar-refractivity contribution is -0.144. The van der Waals surface area contributed by atoms with Crippen molar-refractivity contribution < 1.29 is 28.7 Å². The van der Waals surface area contributed by atoms with Gasteiger partial charge in [0.1, 0.15) is 24.2 Å². The van der Waals surface area contributed by atoms with Crippen LogP contribution in [0.15, 0.2) is 24.3 Å². The molecule has 0 saturated heterocycles. The van der Waals surface area contributed by atoms with Crippen molar-refractivity contribution >= 4 is 35.6 Å². The standard InChI is InChI=1S/C29H47N3O6S/c1-8-9-10-11-12-18-32(27(35)23(17-19-39-7)31-28(36)38-29(3,4)5)25(22-15-13-21(2)14-16-22)26(34)30-20-24(33)37-6/h13-16,23,25H,8-12,17-20H2,1-7H3,(H,30,34)(H,31,36). The van der Waals surface area contributed by atoms with E-state index in [0.29, 0.717) is 30.7 Å². The van der Waals surface area contributed by atoms with Crippen LogP contribution in [0, 0.1) is 6.92 Å². The topological polar surface area (TPSA) is 114 Å². The smallest absolute Gasteiger partial charge is 0.408 e. The highest BCUT2D eigenvalue weighted by molar-refractivity contribution is 7.98. The number of nitrogens with zero attached hydrogens (tertiary/aromatic N) is 1. The lowest BCUT2D eigenvalue weighted by Gasteiger charge is -2.34. The Morgan fingerprint density at radius 2 is 1.67 bits per heavy atom. The molecule has 0 aliphatic rings. The molecule has 0 saturated carbocycles. The van der Waals surface area contributed by atoms with Crippen molar-refractivity contribution in [3.05, 3.63) is 35.4 Å². The highest BCUT2D eigenvalue weighted by atomic mass is 32.2. The van der Waals surface area contributed by atoms with E-state index in [1.807, 2.05) is 37.4 Å². The summed E-state index contributed by atoms with van der Waals surface area (Å²) < 4.78 is 10.1. The average molecular weight is 566 g/mol. The van der Waals surface area contributed by atoms with Gasteiger partial charge in [-0.25, -0.2) is 4.79 Å². The van der Waals surface area contributed by atoms with Gasteiger partial charge in [-0.1, -0.05) is 62.4 Å². The predicted octanol–water partition coefficient (Wildman–Crippen LogP) is 4.77.